The van der Waals surface area contributed by atoms with Gasteiger partial charge in [0.1, 0.15) is 0 Å². The summed E-state index contributed by atoms with van der Waals surface area (Å²) in [4.78, 5) is 36.5. The van der Waals surface area contributed by atoms with Crippen LogP contribution in [0.5, 0.6) is 0 Å². The molecule has 0 aliphatic heterocycles. The second-order valence-electron chi connectivity index (χ2n) is 7.61. The van der Waals surface area contributed by atoms with Crippen molar-refractivity contribution < 1.29 is 23.2 Å². The van der Waals surface area contributed by atoms with Gasteiger partial charge in [-0.15, -0.1) is 0 Å². The molecule has 0 bridgehead atoms. The van der Waals surface area contributed by atoms with E-state index in [4.69, 9.17) is 5.73 Å². The van der Waals surface area contributed by atoms with Crippen molar-refractivity contribution in [3.05, 3.63) is 76.6 Å². The normalized spacial score (nSPS) is 12.3. The number of para-hydroxylation sites is 1. The van der Waals surface area contributed by atoms with Crippen LogP contribution in [0.15, 0.2) is 42.5 Å². The van der Waals surface area contributed by atoms with Crippen LogP contribution in [0.2, 0.25) is 0 Å². The number of anilines is 1. The first kappa shape index (κ1) is 22.1. The van der Waals surface area contributed by atoms with Crippen molar-refractivity contribution in [2.24, 2.45) is 5.73 Å². The maximum Gasteiger partial charge on any atom is 0.276 e. The largest absolute Gasteiger partial charge is 0.370 e. The molecule has 1 aliphatic rings. The third-order valence-corrected chi connectivity index (χ3v) is 5.37. The Bertz CT molecular complexity index is 1250. The van der Waals surface area contributed by atoms with Gasteiger partial charge in [0.25, 0.3) is 11.8 Å². The lowest BCUT2D eigenvalue weighted by molar-refractivity contribution is -0.117. The van der Waals surface area contributed by atoms with E-state index in [-0.39, 0.29) is 29.9 Å². The highest BCUT2D eigenvalue weighted by Gasteiger charge is 2.28. The Morgan fingerprint density at radius 2 is 1.82 bits per heavy atom. The topological polar surface area (TPSA) is 119 Å². The number of nitrogens with one attached hydrogen (secondary N) is 2. The number of primary amides is 1. The average Bonchev–Trinajstić information content (AvgIpc) is 3.38. The Kier molecular flexibility index (Phi) is 6.16. The number of carbonyl (C=O) groups is 3. The number of amides is 3. The van der Waals surface area contributed by atoms with Gasteiger partial charge in [0.05, 0.1) is 16.9 Å². The van der Waals surface area contributed by atoms with E-state index in [1.165, 1.54) is 10.7 Å². The first-order chi connectivity index (χ1) is 15.8. The van der Waals surface area contributed by atoms with Crippen molar-refractivity contribution >= 4 is 23.4 Å². The molecule has 170 valence electrons. The van der Waals surface area contributed by atoms with Crippen molar-refractivity contribution in [2.75, 3.05) is 11.9 Å². The highest BCUT2D eigenvalue weighted by Crippen LogP contribution is 2.29. The summed E-state index contributed by atoms with van der Waals surface area (Å²) in [5.74, 6) is -3.50. The number of nitrogens with two attached hydrogens (primary N) is 1. The average molecular weight is 453 g/mol. The Morgan fingerprint density at radius 3 is 2.58 bits per heavy atom. The molecule has 3 amide bonds. The number of benzene rings is 2. The molecule has 0 unspecified atom stereocenters. The van der Waals surface area contributed by atoms with Crippen LogP contribution in [0.1, 0.15) is 44.9 Å². The van der Waals surface area contributed by atoms with Gasteiger partial charge in [0.15, 0.2) is 17.3 Å². The lowest BCUT2D eigenvalue weighted by atomic mass is 10.1. The molecule has 2 aromatic carbocycles. The van der Waals surface area contributed by atoms with Gasteiger partial charge in [0.2, 0.25) is 5.91 Å². The summed E-state index contributed by atoms with van der Waals surface area (Å²) in [5.41, 5.74) is 7.56. The standard InChI is InChI=1S/C23H21F2N5O3/c24-16-9-8-13(12-17(16)25)30-19-7-3-5-15(19)21(29-30)23(33)28-18-6-2-1-4-14(18)22(32)27-11-10-20(26)31/h1-2,4,6,8-9,12H,3,5,7,10-11H2,(H2,26,31)(H,27,32)(H,28,33). The monoisotopic (exact) mass is 453 g/mol. The quantitative estimate of drug-likeness (QED) is 0.509. The van der Waals surface area contributed by atoms with E-state index in [0.717, 1.165) is 29.8 Å². The molecular weight excluding hydrogens is 432 g/mol. The van der Waals surface area contributed by atoms with Crippen molar-refractivity contribution in [1.29, 1.82) is 0 Å². The van der Waals surface area contributed by atoms with Crippen LogP contribution in [0.25, 0.3) is 5.69 Å². The van der Waals surface area contributed by atoms with Crippen molar-refractivity contribution in [1.82, 2.24) is 15.1 Å². The van der Waals surface area contributed by atoms with Gasteiger partial charge in [-0.3, -0.25) is 14.4 Å². The van der Waals surface area contributed by atoms with Crippen LogP contribution in [0.3, 0.4) is 0 Å². The maximum absolute atomic E-state index is 13.8. The molecule has 8 nitrogen and oxygen atoms in total. The lowest BCUT2D eigenvalue weighted by Crippen LogP contribution is -2.29. The number of fused-ring (bicyclic) bond motifs is 1. The number of aromatic nitrogens is 2. The molecule has 0 saturated heterocycles. The minimum absolute atomic E-state index is 0.00613. The highest BCUT2D eigenvalue weighted by molar-refractivity contribution is 6.09. The molecule has 1 heterocycles. The van der Waals surface area contributed by atoms with Crippen molar-refractivity contribution in [3.8, 4) is 5.69 Å². The van der Waals surface area contributed by atoms with E-state index in [2.05, 4.69) is 15.7 Å². The molecule has 1 aliphatic carbocycles. The first-order valence-corrected chi connectivity index (χ1v) is 10.4. The fourth-order valence-electron chi connectivity index (χ4n) is 3.82. The summed E-state index contributed by atoms with van der Waals surface area (Å²) in [6.07, 6.45) is 2.06. The van der Waals surface area contributed by atoms with Crippen LogP contribution in [0, 0.1) is 11.6 Å². The van der Waals surface area contributed by atoms with Crippen molar-refractivity contribution in [3.63, 3.8) is 0 Å². The number of carbonyl (C=O) groups excluding carboxylic acids is 3. The molecule has 0 atom stereocenters. The summed E-state index contributed by atoms with van der Waals surface area (Å²) in [6, 6.07) is 9.88. The zero-order valence-corrected chi connectivity index (χ0v) is 17.5. The molecule has 3 aromatic rings. The van der Waals surface area contributed by atoms with E-state index in [1.54, 1.807) is 24.3 Å². The predicted molar refractivity (Wildman–Crippen MR) is 116 cm³/mol. The Morgan fingerprint density at radius 1 is 1.03 bits per heavy atom. The Balaban J connectivity index is 1.60. The van der Waals surface area contributed by atoms with Gasteiger partial charge in [-0.1, -0.05) is 12.1 Å². The van der Waals surface area contributed by atoms with Crippen LogP contribution < -0.4 is 16.4 Å². The smallest absolute Gasteiger partial charge is 0.276 e. The summed E-state index contributed by atoms with van der Waals surface area (Å²) in [5, 5.41) is 9.68. The predicted octanol–water partition coefficient (Wildman–Crippen LogP) is 2.50. The summed E-state index contributed by atoms with van der Waals surface area (Å²) in [7, 11) is 0. The molecule has 0 fully saturated rings. The van der Waals surface area contributed by atoms with Gasteiger partial charge in [0, 0.05) is 30.3 Å². The lowest BCUT2D eigenvalue weighted by Gasteiger charge is -2.11. The SMILES string of the molecule is NC(=O)CCNC(=O)c1ccccc1NC(=O)c1nn(-c2ccc(F)c(F)c2)c2c1CCC2. The molecule has 0 radical (unpaired) electrons. The third-order valence-electron chi connectivity index (χ3n) is 5.37. The molecule has 4 rings (SSSR count). The number of hydrogen-bond acceptors (Lipinski definition) is 4. The zero-order valence-electron chi connectivity index (χ0n) is 17.5. The fourth-order valence-corrected chi connectivity index (χ4v) is 3.82. The third kappa shape index (κ3) is 4.59. The number of hydrogen-bond donors (Lipinski definition) is 3. The maximum atomic E-state index is 13.8. The second-order valence-corrected chi connectivity index (χ2v) is 7.61. The second kappa shape index (κ2) is 9.19. The van der Waals surface area contributed by atoms with Crippen LogP contribution in [-0.2, 0) is 17.6 Å². The van der Waals surface area contributed by atoms with Crippen LogP contribution in [0.4, 0.5) is 14.5 Å². The van der Waals surface area contributed by atoms with Gasteiger partial charge < -0.3 is 16.4 Å². The summed E-state index contributed by atoms with van der Waals surface area (Å²) in [6.45, 7) is 0.0720. The fraction of sp³-hybridized carbons (Fsp3) is 0.217. The van der Waals surface area contributed by atoms with E-state index < -0.39 is 29.4 Å². The minimum Gasteiger partial charge on any atom is -0.370 e. The number of nitrogens with zero attached hydrogens (tertiary/aromatic N) is 2. The van der Waals surface area contributed by atoms with E-state index in [0.29, 0.717) is 18.5 Å². The Hall–Kier alpha value is -4.08. The number of halogens is 2. The zero-order chi connectivity index (χ0) is 23.5. The summed E-state index contributed by atoms with van der Waals surface area (Å²) < 4.78 is 28.6. The minimum atomic E-state index is -1.00. The van der Waals surface area contributed by atoms with E-state index in [1.807, 2.05) is 0 Å². The molecule has 0 saturated carbocycles. The highest BCUT2D eigenvalue weighted by atomic mass is 19.2. The van der Waals surface area contributed by atoms with Crippen LogP contribution >= 0.6 is 0 Å². The summed E-state index contributed by atoms with van der Waals surface area (Å²) >= 11 is 0. The Labute approximate surface area is 187 Å². The van der Waals surface area contributed by atoms with Gasteiger partial charge in [-0.2, -0.15) is 5.10 Å². The van der Waals surface area contributed by atoms with Crippen LogP contribution in [-0.4, -0.2) is 34.0 Å². The number of rotatable bonds is 7. The molecule has 4 N–H and O–H groups in total. The van der Waals surface area contributed by atoms with Crippen molar-refractivity contribution in [2.45, 2.75) is 25.7 Å². The van der Waals surface area contributed by atoms with Gasteiger partial charge in [-0.05, 0) is 43.5 Å². The molecule has 0 spiro atoms. The molecular formula is C23H21F2N5O3. The molecule has 10 heteroatoms. The molecule has 1 aromatic heterocycles. The first-order valence-electron chi connectivity index (χ1n) is 10.4. The van der Waals surface area contributed by atoms with E-state index in [9.17, 15) is 23.2 Å². The van der Waals surface area contributed by atoms with E-state index >= 15 is 0 Å². The van der Waals surface area contributed by atoms with Gasteiger partial charge >= 0.3 is 0 Å². The molecule has 33 heavy (non-hydrogen) atoms. The van der Waals surface area contributed by atoms with Gasteiger partial charge in [-0.25, -0.2) is 13.5 Å².